The molecule has 2 aromatic carbocycles. The highest BCUT2D eigenvalue weighted by Gasteiger charge is 2.35. The number of amides is 2. The van der Waals surface area contributed by atoms with Crippen LogP contribution in [0.15, 0.2) is 59.5 Å². The average molecular weight is 495 g/mol. The zero-order valence-corrected chi connectivity index (χ0v) is 20.6. The molecule has 8 heteroatoms. The van der Waals surface area contributed by atoms with Crippen molar-refractivity contribution in [1.29, 1.82) is 0 Å². The van der Waals surface area contributed by atoms with E-state index < -0.39 is 0 Å². The Labute approximate surface area is 207 Å². The van der Waals surface area contributed by atoms with Crippen LogP contribution in [0.2, 0.25) is 5.02 Å². The molecule has 3 aromatic rings. The van der Waals surface area contributed by atoms with Crippen molar-refractivity contribution in [3.8, 4) is 5.69 Å². The highest BCUT2D eigenvalue weighted by atomic mass is 35.5. The molecular formula is C26H23ClN2O4S. The zero-order valence-electron chi connectivity index (χ0n) is 19.0. The van der Waals surface area contributed by atoms with E-state index in [2.05, 4.69) is 0 Å². The van der Waals surface area contributed by atoms with E-state index >= 15 is 0 Å². The summed E-state index contributed by atoms with van der Waals surface area (Å²) in [6, 6.07) is 16.3. The third-order valence-electron chi connectivity index (χ3n) is 5.53. The van der Waals surface area contributed by atoms with Crippen LogP contribution in [0.25, 0.3) is 11.8 Å². The first-order chi connectivity index (χ1) is 16.3. The van der Waals surface area contributed by atoms with Crippen molar-refractivity contribution in [2.45, 2.75) is 27.3 Å². The molecule has 1 saturated heterocycles. The summed E-state index contributed by atoms with van der Waals surface area (Å²) in [4.78, 5) is 39.3. The van der Waals surface area contributed by atoms with Gasteiger partial charge in [-0.3, -0.25) is 14.5 Å². The van der Waals surface area contributed by atoms with E-state index in [1.807, 2.05) is 36.6 Å². The molecule has 1 aliphatic heterocycles. The van der Waals surface area contributed by atoms with Gasteiger partial charge in [-0.2, -0.15) is 0 Å². The van der Waals surface area contributed by atoms with Crippen LogP contribution in [0.1, 0.15) is 39.8 Å². The molecule has 2 heterocycles. The summed E-state index contributed by atoms with van der Waals surface area (Å²) in [5.41, 5.74) is 4.63. The number of carbonyl (C=O) groups excluding carboxylic acids is 3. The SMILES string of the molecule is CCOC(=O)c1cccc(-n2c(C)cc(/C=C3\SC(=O)N(Cc4ccccc4Cl)C3=O)c2C)c1. The first-order valence-corrected chi connectivity index (χ1v) is 11.9. The summed E-state index contributed by atoms with van der Waals surface area (Å²) in [7, 11) is 0. The van der Waals surface area contributed by atoms with Crippen LogP contribution in [0.4, 0.5) is 4.79 Å². The lowest BCUT2D eigenvalue weighted by molar-refractivity contribution is -0.123. The van der Waals surface area contributed by atoms with Gasteiger partial charge in [0, 0.05) is 22.1 Å². The maximum atomic E-state index is 13.0. The van der Waals surface area contributed by atoms with Crippen LogP contribution in [-0.2, 0) is 16.1 Å². The summed E-state index contributed by atoms with van der Waals surface area (Å²) in [5, 5.41) is 0.186. The monoisotopic (exact) mass is 494 g/mol. The molecule has 0 aliphatic carbocycles. The molecule has 0 radical (unpaired) electrons. The maximum absolute atomic E-state index is 13.0. The van der Waals surface area contributed by atoms with Gasteiger partial charge in [-0.1, -0.05) is 35.9 Å². The van der Waals surface area contributed by atoms with Crippen molar-refractivity contribution in [1.82, 2.24) is 9.47 Å². The number of aromatic nitrogens is 1. The fraction of sp³-hybridized carbons (Fsp3) is 0.192. The second kappa shape index (κ2) is 9.91. The molecule has 2 amide bonds. The van der Waals surface area contributed by atoms with E-state index in [0.29, 0.717) is 27.7 Å². The Balaban J connectivity index is 1.63. The van der Waals surface area contributed by atoms with Crippen LogP contribution in [0, 0.1) is 13.8 Å². The minimum Gasteiger partial charge on any atom is -0.462 e. The number of benzene rings is 2. The second-order valence-corrected chi connectivity index (χ2v) is 9.19. The molecule has 0 unspecified atom stereocenters. The molecule has 0 atom stereocenters. The Bertz CT molecular complexity index is 1330. The van der Waals surface area contributed by atoms with Crippen molar-refractivity contribution in [2.24, 2.45) is 0 Å². The number of carbonyl (C=O) groups is 3. The molecule has 0 saturated carbocycles. The van der Waals surface area contributed by atoms with Gasteiger partial charge < -0.3 is 9.30 Å². The molecule has 174 valence electrons. The van der Waals surface area contributed by atoms with Crippen molar-refractivity contribution in [2.75, 3.05) is 6.61 Å². The van der Waals surface area contributed by atoms with Crippen molar-refractivity contribution in [3.05, 3.63) is 92.6 Å². The average Bonchev–Trinajstić information content (AvgIpc) is 3.24. The van der Waals surface area contributed by atoms with Gasteiger partial charge >= 0.3 is 5.97 Å². The summed E-state index contributed by atoms with van der Waals surface area (Å²) < 4.78 is 7.11. The molecule has 6 nitrogen and oxygen atoms in total. The van der Waals surface area contributed by atoms with E-state index in [1.54, 1.807) is 49.4 Å². The van der Waals surface area contributed by atoms with E-state index in [1.165, 1.54) is 4.90 Å². The van der Waals surface area contributed by atoms with Gasteiger partial charge in [0.25, 0.3) is 11.1 Å². The number of aryl methyl sites for hydroxylation is 1. The van der Waals surface area contributed by atoms with Crippen LogP contribution < -0.4 is 0 Å². The predicted molar refractivity (Wildman–Crippen MR) is 134 cm³/mol. The molecule has 0 N–H and O–H groups in total. The lowest BCUT2D eigenvalue weighted by atomic mass is 10.2. The smallest absolute Gasteiger partial charge is 0.338 e. The van der Waals surface area contributed by atoms with Gasteiger partial charge in [-0.15, -0.1) is 0 Å². The zero-order chi connectivity index (χ0) is 24.4. The summed E-state index contributed by atoms with van der Waals surface area (Å²) in [5.74, 6) is -0.719. The molecule has 0 bridgehead atoms. The molecule has 4 rings (SSSR count). The van der Waals surface area contributed by atoms with Crippen LogP contribution in [0.5, 0.6) is 0 Å². The van der Waals surface area contributed by atoms with Crippen molar-refractivity contribution in [3.63, 3.8) is 0 Å². The fourth-order valence-corrected chi connectivity index (χ4v) is 4.92. The maximum Gasteiger partial charge on any atom is 0.338 e. The van der Waals surface area contributed by atoms with Gasteiger partial charge in [0.2, 0.25) is 0 Å². The van der Waals surface area contributed by atoms with Gasteiger partial charge in [0.1, 0.15) is 0 Å². The van der Waals surface area contributed by atoms with Gasteiger partial charge in [-0.05, 0) is 80.1 Å². The number of esters is 1. The first kappa shape index (κ1) is 23.9. The van der Waals surface area contributed by atoms with Gasteiger partial charge in [-0.25, -0.2) is 4.79 Å². The van der Waals surface area contributed by atoms with Crippen molar-refractivity contribution >= 4 is 46.6 Å². The molecule has 1 aliphatic rings. The minimum atomic E-state index is -0.376. The minimum absolute atomic E-state index is 0.126. The number of hydrogen-bond donors (Lipinski definition) is 0. The van der Waals surface area contributed by atoms with Gasteiger partial charge in [0.15, 0.2) is 0 Å². The summed E-state index contributed by atoms with van der Waals surface area (Å²) >= 11 is 7.13. The van der Waals surface area contributed by atoms with Crippen LogP contribution >= 0.6 is 23.4 Å². The van der Waals surface area contributed by atoms with Crippen molar-refractivity contribution < 1.29 is 19.1 Å². The highest BCUT2D eigenvalue weighted by Crippen LogP contribution is 2.35. The number of nitrogens with zero attached hydrogens (tertiary/aromatic N) is 2. The Hall–Kier alpha value is -3.29. The van der Waals surface area contributed by atoms with E-state index in [9.17, 15) is 14.4 Å². The Morgan fingerprint density at radius 1 is 1.09 bits per heavy atom. The molecule has 1 aromatic heterocycles. The quantitative estimate of drug-likeness (QED) is 0.303. The third-order valence-corrected chi connectivity index (χ3v) is 6.81. The standard InChI is InChI=1S/C26H23ClN2O4S/c1-4-33-25(31)18-9-7-10-21(13-18)29-16(2)12-20(17(29)3)14-23-24(30)28(26(32)34-23)15-19-8-5-6-11-22(19)27/h5-14H,4,15H2,1-3H3/b23-14-. The molecule has 34 heavy (non-hydrogen) atoms. The lowest BCUT2D eigenvalue weighted by Gasteiger charge is -2.13. The van der Waals surface area contributed by atoms with E-state index in [0.717, 1.165) is 34.4 Å². The normalized spacial score (nSPS) is 14.8. The van der Waals surface area contributed by atoms with E-state index in [4.69, 9.17) is 16.3 Å². The number of thioether (sulfide) groups is 1. The Morgan fingerprint density at radius 3 is 2.59 bits per heavy atom. The first-order valence-electron chi connectivity index (χ1n) is 10.8. The Kier molecular flexibility index (Phi) is 6.95. The predicted octanol–water partition coefficient (Wildman–Crippen LogP) is 6.16. The summed E-state index contributed by atoms with van der Waals surface area (Å²) in [6.07, 6.45) is 1.74. The summed E-state index contributed by atoms with van der Waals surface area (Å²) in [6.45, 7) is 6.08. The van der Waals surface area contributed by atoms with E-state index in [-0.39, 0.29) is 23.7 Å². The number of imide groups is 1. The fourth-order valence-electron chi connectivity index (χ4n) is 3.89. The number of ether oxygens (including phenoxy) is 1. The number of hydrogen-bond acceptors (Lipinski definition) is 5. The lowest BCUT2D eigenvalue weighted by Crippen LogP contribution is -2.27. The van der Waals surface area contributed by atoms with Crippen LogP contribution in [-0.4, -0.2) is 33.2 Å². The van der Waals surface area contributed by atoms with Gasteiger partial charge in [0.05, 0.1) is 23.6 Å². The highest BCUT2D eigenvalue weighted by molar-refractivity contribution is 8.18. The number of rotatable bonds is 6. The largest absolute Gasteiger partial charge is 0.462 e. The molecule has 1 fully saturated rings. The topological polar surface area (TPSA) is 68.6 Å². The number of halogens is 1. The van der Waals surface area contributed by atoms with Crippen LogP contribution in [0.3, 0.4) is 0 Å². The molecule has 0 spiro atoms. The molecular weight excluding hydrogens is 472 g/mol. The Morgan fingerprint density at radius 2 is 1.85 bits per heavy atom. The third kappa shape index (κ3) is 4.67. The second-order valence-electron chi connectivity index (χ2n) is 7.79.